The highest BCUT2D eigenvalue weighted by Crippen LogP contribution is 2.20. The van der Waals surface area contributed by atoms with Gasteiger partial charge in [0.1, 0.15) is 6.04 Å². The van der Waals surface area contributed by atoms with Crippen LogP contribution in [0, 0.1) is 6.92 Å². The lowest BCUT2D eigenvalue weighted by Gasteiger charge is -2.15. The fourth-order valence-electron chi connectivity index (χ4n) is 2.51. The summed E-state index contributed by atoms with van der Waals surface area (Å²) in [6, 6.07) is 13.0. The molecule has 0 aliphatic rings. The Balaban J connectivity index is 1.69. The first-order valence-corrected chi connectivity index (χ1v) is 8.16. The maximum absolute atomic E-state index is 12.4. The molecule has 0 aliphatic heterocycles. The maximum atomic E-state index is 12.4. The number of carbonyl (C=O) groups excluding carboxylic acids is 1. The van der Waals surface area contributed by atoms with E-state index in [0.717, 1.165) is 16.8 Å². The summed E-state index contributed by atoms with van der Waals surface area (Å²) in [4.78, 5) is 21.0. The molecule has 0 aliphatic carbocycles. The largest absolute Gasteiger partial charge is 0.344 e. The van der Waals surface area contributed by atoms with E-state index in [1.807, 2.05) is 63.2 Å². The van der Waals surface area contributed by atoms with E-state index in [1.54, 1.807) is 6.20 Å². The number of hydrogen-bond acceptors (Lipinski definition) is 5. The van der Waals surface area contributed by atoms with E-state index in [-0.39, 0.29) is 17.9 Å². The fourth-order valence-corrected chi connectivity index (χ4v) is 2.51. The average molecular weight is 336 g/mol. The van der Waals surface area contributed by atoms with Crippen molar-refractivity contribution in [3.63, 3.8) is 0 Å². The molecular formula is C19H20N4O2. The molecule has 1 amide bonds. The second-order valence-electron chi connectivity index (χ2n) is 6.00. The van der Waals surface area contributed by atoms with Crippen molar-refractivity contribution in [2.45, 2.75) is 32.7 Å². The lowest BCUT2D eigenvalue weighted by molar-refractivity contribution is -0.123. The van der Waals surface area contributed by atoms with Crippen molar-refractivity contribution in [2.75, 3.05) is 0 Å². The maximum Gasteiger partial charge on any atom is 0.249 e. The quantitative estimate of drug-likeness (QED) is 0.772. The van der Waals surface area contributed by atoms with Crippen molar-refractivity contribution in [3.05, 3.63) is 65.8 Å². The fraction of sp³-hybridized carbons (Fsp3) is 0.263. The molecule has 1 N–H and O–H groups in total. The molecule has 1 aromatic carbocycles. The molecule has 0 fully saturated rings. The second-order valence-corrected chi connectivity index (χ2v) is 6.00. The Labute approximate surface area is 146 Å². The summed E-state index contributed by atoms with van der Waals surface area (Å²) in [5, 5.41) is 6.92. The summed E-state index contributed by atoms with van der Waals surface area (Å²) in [6.07, 6.45) is 1.70. The second kappa shape index (κ2) is 7.25. The molecule has 6 nitrogen and oxygen atoms in total. The van der Waals surface area contributed by atoms with Gasteiger partial charge in [-0.15, -0.1) is 0 Å². The van der Waals surface area contributed by atoms with Crippen LogP contribution in [0.25, 0.3) is 11.4 Å². The summed E-state index contributed by atoms with van der Waals surface area (Å²) in [7, 11) is 0. The molecule has 3 aromatic rings. The molecule has 2 aromatic heterocycles. The molecule has 3 rings (SSSR count). The zero-order valence-electron chi connectivity index (χ0n) is 14.4. The number of pyridine rings is 1. The van der Waals surface area contributed by atoms with Gasteiger partial charge in [-0.1, -0.05) is 35.5 Å². The molecule has 2 heterocycles. The Hall–Kier alpha value is -3.02. The molecule has 25 heavy (non-hydrogen) atoms. The predicted octanol–water partition coefficient (Wildman–Crippen LogP) is 3.42. The third-order valence-corrected chi connectivity index (χ3v) is 4.02. The Morgan fingerprint density at radius 1 is 1.16 bits per heavy atom. The van der Waals surface area contributed by atoms with Gasteiger partial charge in [-0.05, 0) is 38.5 Å². The van der Waals surface area contributed by atoms with E-state index in [9.17, 15) is 4.79 Å². The predicted molar refractivity (Wildman–Crippen MR) is 93.7 cm³/mol. The molecule has 2 atom stereocenters. The summed E-state index contributed by atoms with van der Waals surface area (Å²) >= 11 is 0. The van der Waals surface area contributed by atoms with E-state index in [4.69, 9.17) is 4.52 Å². The standard InChI is InChI=1S/C19H20N4O2/c1-12-11-16(9-10-20-12)17-22-19(25-23-17)14(3)21-18(24)13(2)15-7-5-4-6-8-15/h4-11,13-14H,1-3H3,(H,21,24)/t13-,14-/m0/s1. The van der Waals surface area contributed by atoms with Crippen LogP contribution in [0.1, 0.15) is 43.0 Å². The highest BCUT2D eigenvalue weighted by molar-refractivity contribution is 5.83. The molecule has 0 spiro atoms. The van der Waals surface area contributed by atoms with Gasteiger partial charge in [-0.25, -0.2) is 0 Å². The van der Waals surface area contributed by atoms with Crippen molar-refractivity contribution < 1.29 is 9.32 Å². The van der Waals surface area contributed by atoms with E-state index >= 15 is 0 Å². The van der Waals surface area contributed by atoms with Crippen LogP contribution < -0.4 is 5.32 Å². The number of nitrogens with one attached hydrogen (secondary N) is 1. The first kappa shape index (κ1) is 16.8. The van der Waals surface area contributed by atoms with Crippen LogP contribution in [0.4, 0.5) is 0 Å². The van der Waals surface area contributed by atoms with Gasteiger partial charge in [0.2, 0.25) is 17.6 Å². The minimum atomic E-state index is -0.372. The minimum Gasteiger partial charge on any atom is -0.344 e. The number of aromatic nitrogens is 3. The molecule has 0 saturated heterocycles. The lowest BCUT2D eigenvalue weighted by atomic mass is 10.0. The smallest absolute Gasteiger partial charge is 0.249 e. The summed E-state index contributed by atoms with van der Waals surface area (Å²) in [5.74, 6) is 0.517. The minimum absolute atomic E-state index is 0.0850. The third kappa shape index (κ3) is 3.91. The number of rotatable bonds is 5. The van der Waals surface area contributed by atoms with Crippen molar-refractivity contribution >= 4 is 5.91 Å². The zero-order chi connectivity index (χ0) is 17.8. The number of hydrogen-bond donors (Lipinski definition) is 1. The van der Waals surface area contributed by atoms with Gasteiger partial charge in [0.25, 0.3) is 0 Å². The highest BCUT2D eigenvalue weighted by atomic mass is 16.5. The van der Waals surface area contributed by atoms with Gasteiger partial charge < -0.3 is 9.84 Å². The first-order chi connectivity index (χ1) is 12.0. The normalized spacial score (nSPS) is 13.2. The average Bonchev–Trinajstić information content (AvgIpc) is 3.12. The van der Waals surface area contributed by atoms with Gasteiger partial charge in [0.05, 0.1) is 5.92 Å². The highest BCUT2D eigenvalue weighted by Gasteiger charge is 2.21. The van der Waals surface area contributed by atoms with Crippen LogP contribution in [0.15, 0.2) is 53.2 Å². The topological polar surface area (TPSA) is 80.9 Å². The number of benzene rings is 1. The van der Waals surface area contributed by atoms with Crippen molar-refractivity contribution in [1.29, 1.82) is 0 Å². The van der Waals surface area contributed by atoms with Gasteiger partial charge >= 0.3 is 0 Å². The van der Waals surface area contributed by atoms with Crippen molar-refractivity contribution in [3.8, 4) is 11.4 Å². The molecule has 0 saturated carbocycles. The lowest BCUT2D eigenvalue weighted by Crippen LogP contribution is -2.30. The third-order valence-electron chi connectivity index (χ3n) is 4.02. The number of amides is 1. The van der Waals surface area contributed by atoms with E-state index in [0.29, 0.717) is 11.7 Å². The van der Waals surface area contributed by atoms with Crippen LogP contribution in [0.5, 0.6) is 0 Å². The first-order valence-electron chi connectivity index (χ1n) is 8.16. The van der Waals surface area contributed by atoms with Crippen LogP contribution in [0.3, 0.4) is 0 Å². The Morgan fingerprint density at radius 3 is 2.64 bits per heavy atom. The SMILES string of the molecule is Cc1cc(-c2noc([C@H](C)NC(=O)[C@@H](C)c3ccccc3)n2)ccn1. The molecule has 0 unspecified atom stereocenters. The van der Waals surface area contributed by atoms with E-state index in [1.165, 1.54) is 0 Å². The summed E-state index contributed by atoms with van der Waals surface area (Å²) in [5.41, 5.74) is 2.67. The number of nitrogens with zero attached hydrogens (tertiary/aromatic N) is 3. The molecular weight excluding hydrogens is 316 g/mol. The molecule has 128 valence electrons. The summed E-state index contributed by atoms with van der Waals surface area (Å²) in [6.45, 7) is 5.60. The Kier molecular flexibility index (Phi) is 4.88. The van der Waals surface area contributed by atoms with E-state index < -0.39 is 0 Å². The molecule has 0 radical (unpaired) electrons. The molecule has 6 heteroatoms. The monoisotopic (exact) mass is 336 g/mol. The van der Waals surface area contributed by atoms with Crippen molar-refractivity contribution in [1.82, 2.24) is 20.4 Å². The van der Waals surface area contributed by atoms with Crippen LogP contribution in [-0.4, -0.2) is 21.0 Å². The molecule has 0 bridgehead atoms. The Morgan fingerprint density at radius 2 is 1.92 bits per heavy atom. The van der Waals surface area contributed by atoms with Crippen molar-refractivity contribution in [2.24, 2.45) is 0 Å². The van der Waals surface area contributed by atoms with Gasteiger partial charge in [0, 0.05) is 17.5 Å². The Bertz CT molecular complexity index is 861. The number of carbonyl (C=O) groups is 1. The number of aryl methyl sites for hydroxylation is 1. The summed E-state index contributed by atoms with van der Waals surface area (Å²) < 4.78 is 5.31. The van der Waals surface area contributed by atoms with Gasteiger partial charge in [0.15, 0.2) is 0 Å². The van der Waals surface area contributed by atoms with Crippen LogP contribution in [0.2, 0.25) is 0 Å². The van der Waals surface area contributed by atoms with Gasteiger partial charge in [-0.3, -0.25) is 9.78 Å². The van der Waals surface area contributed by atoms with Crippen LogP contribution >= 0.6 is 0 Å². The zero-order valence-corrected chi connectivity index (χ0v) is 14.4. The van der Waals surface area contributed by atoms with E-state index in [2.05, 4.69) is 20.4 Å². The van der Waals surface area contributed by atoms with Gasteiger partial charge in [-0.2, -0.15) is 4.98 Å². The van der Waals surface area contributed by atoms with Crippen LogP contribution in [-0.2, 0) is 4.79 Å².